The Labute approximate surface area is 134 Å². The number of benzene rings is 1. The van der Waals surface area contributed by atoms with Gasteiger partial charge < -0.3 is 10.4 Å². The van der Waals surface area contributed by atoms with Gasteiger partial charge in [-0.05, 0) is 36.5 Å². The summed E-state index contributed by atoms with van der Waals surface area (Å²) in [5.74, 6) is -0.0000708. The number of aliphatic hydroxyl groups is 1. The molecule has 1 saturated carbocycles. The molecule has 3 rings (SSSR count). The fraction of sp³-hybridized carbons (Fsp3) is 0.278. The average molecular weight is 307 g/mol. The van der Waals surface area contributed by atoms with E-state index in [0.717, 1.165) is 5.56 Å². The first kappa shape index (κ1) is 15.2. The first-order valence-electron chi connectivity index (χ1n) is 7.57. The SMILES string of the molecule is N#Cc1ccc(C(=O)NC(c2ccccc2)C2CC(O)C2)cn1. The maximum atomic E-state index is 12.5. The smallest absolute Gasteiger partial charge is 0.253 e. The molecule has 1 fully saturated rings. The normalized spacial score (nSPS) is 20.9. The number of carbonyl (C=O) groups excluding carboxylic acids is 1. The summed E-state index contributed by atoms with van der Waals surface area (Å²) in [5.41, 5.74) is 1.73. The first-order chi connectivity index (χ1) is 11.2. The summed E-state index contributed by atoms with van der Waals surface area (Å²) in [6, 6.07) is 14.7. The summed E-state index contributed by atoms with van der Waals surface area (Å²) in [7, 11) is 0. The van der Waals surface area contributed by atoms with Crippen molar-refractivity contribution >= 4 is 5.91 Å². The molecule has 0 bridgehead atoms. The lowest BCUT2D eigenvalue weighted by Crippen LogP contribution is -2.41. The molecule has 0 aliphatic heterocycles. The lowest BCUT2D eigenvalue weighted by atomic mass is 9.75. The predicted octanol–water partition coefficient (Wildman–Crippen LogP) is 2.20. The van der Waals surface area contributed by atoms with Gasteiger partial charge in [0.05, 0.1) is 17.7 Å². The maximum absolute atomic E-state index is 12.5. The van der Waals surface area contributed by atoms with Crippen LogP contribution in [-0.4, -0.2) is 22.1 Å². The van der Waals surface area contributed by atoms with Crippen LogP contribution in [0.25, 0.3) is 0 Å². The summed E-state index contributed by atoms with van der Waals surface area (Å²) in [6.45, 7) is 0. The molecule has 0 radical (unpaired) electrons. The van der Waals surface area contributed by atoms with Gasteiger partial charge in [0, 0.05) is 6.20 Å². The fourth-order valence-electron chi connectivity index (χ4n) is 2.85. The van der Waals surface area contributed by atoms with Crippen molar-refractivity contribution in [2.45, 2.75) is 25.0 Å². The van der Waals surface area contributed by atoms with Crippen LogP contribution in [-0.2, 0) is 0 Å². The Bertz CT molecular complexity index is 716. The number of aliphatic hydroxyl groups excluding tert-OH is 1. The van der Waals surface area contributed by atoms with Crippen molar-refractivity contribution in [3.8, 4) is 6.07 Å². The van der Waals surface area contributed by atoms with Crippen LogP contribution in [0.4, 0.5) is 0 Å². The van der Waals surface area contributed by atoms with Crippen LogP contribution >= 0.6 is 0 Å². The number of nitrogens with one attached hydrogen (secondary N) is 1. The largest absolute Gasteiger partial charge is 0.393 e. The van der Waals surface area contributed by atoms with E-state index in [2.05, 4.69) is 10.3 Å². The van der Waals surface area contributed by atoms with Crippen molar-refractivity contribution in [1.29, 1.82) is 5.26 Å². The molecule has 2 N–H and O–H groups in total. The molecule has 2 aromatic rings. The summed E-state index contributed by atoms with van der Waals surface area (Å²) < 4.78 is 0. The summed E-state index contributed by atoms with van der Waals surface area (Å²) >= 11 is 0. The lowest BCUT2D eigenvalue weighted by Gasteiger charge is -2.38. The van der Waals surface area contributed by atoms with E-state index in [-0.39, 0.29) is 29.7 Å². The predicted molar refractivity (Wildman–Crippen MR) is 84.3 cm³/mol. The highest BCUT2D eigenvalue weighted by Gasteiger charge is 2.35. The summed E-state index contributed by atoms with van der Waals surface area (Å²) in [6.07, 6.45) is 2.50. The van der Waals surface area contributed by atoms with Gasteiger partial charge in [-0.3, -0.25) is 4.79 Å². The van der Waals surface area contributed by atoms with Crippen LogP contribution in [0.2, 0.25) is 0 Å². The highest BCUT2D eigenvalue weighted by Crippen LogP contribution is 2.38. The van der Waals surface area contributed by atoms with E-state index in [1.165, 1.54) is 12.3 Å². The van der Waals surface area contributed by atoms with E-state index < -0.39 is 0 Å². The van der Waals surface area contributed by atoms with Crippen molar-refractivity contribution < 1.29 is 9.90 Å². The number of carbonyl (C=O) groups is 1. The second-order valence-corrected chi connectivity index (χ2v) is 5.79. The summed E-state index contributed by atoms with van der Waals surface area (Å²) in [4.78, 5) is 16.4. The number of hydrogen-bond acceptors (Lipinski definition) is 4. The fourth-order valence-corrected chi connectivity index (χ4v) is 2.85. The number of aromatic nitrogens is 1. The van der Waals surface area contributed by atoms with E-state index in [0.29, 0.717) is 18.4 Å². The maximum Gasteiger partial charge on any atom is 0.253 e. The standard InChI is InChI=1S/C18H17N3O2/c19-10-15-7-6-13(11-20-15)18(23)21-17(14-8-16(22)9-14)12-4-2-1-3-5-12/h1-7,11,14,16-17,22H,8-9H2,(H,21,23). The number of nitrogens with zero attached hydrogens (tertiary/aromatic N) is 2. The number of hydrogen-bond donors (Lipinski definition) is 2. The Balaban J connectivity index is 1.77. The van der Waals surface area contributed by atoms with Gasteiger partial charge >= 0.3 is 0 Å². The van der Waals surface area contributed by atoms with Crippen molar-refractivity contribution in [2.75, 3.05) is 0 Å². The van der Waals surface area contributed by atoms with Gasteiger partial charge in [-0.15, -0.1) is 0 Å². The quantitative estimate of drug-likeness (QED) is 0.906. The van der Waals surface area contributed by atoms with Crippen LogP contribution in [0.3, 0.4) is 0 Å². The Kier molecular flexibility index (Phi) is 4.35. The average Bonchev–Trinajstić information content (AvgIpc) is 2.58. The molecule has 1 atom stereocenters. The lowest BCUT2D eigenvalue weighted by molar-refractivity contribution is 0.0235. The first-order valence-corrected chi connectivity index (χ1v) is 7.57. The van der Waals surface area contributed by atoms with Crippen LogP contribution in [0.1, 0.15) is 40.5 Å². The van der Waals surface area contributed by atoms with Gasteiger partial charge in [0.15, 0.2) is 0 Å². The molecule has 1 heterocycles. The third kappa shape index (κ3) is 3.38. The van der Waals surface area contributed by atoms with Gasteiger partial charge in [0.1, 0.15) is 11.8 Å². The molecule has 5 heteroatoms. The monoisotopic (exact) mass is 307 g/mol. The van der Waals surface area contributed by atoms with Crippen molar-refractivity contribution in [2.24, 2.45) is 5.92 Å². The molecule has 1 unspecified atom stereocenters. The zero-order chi connectivity index (χ0) is 16.2. The van der Waals surface area contributed by atoms with Gasteiger partial charge in [-0.25, -0.2) is 4.98 Å². The minimum Gasteiger partial charge on any atom is -0.393 e. The second-order valence-electron chi connectivity index (χ2n) is 5.79. The van der Waals surface area contributed by atoms with Crippen molar-refractivity contribution in [1.82, 2.24) is 10.3 Å². The molecule has 116 valence electrons. The van der Waals surface area contributed by atoms with Gasteiger partial charge in [0.2, 0.25) is 0 Å². The Morgan fingerprint density at radius 1 is 1.26 bits per heavy atom. The minimum atomic E-state index is -0.278. The molecule has 0 spiro atoms. The molecule has 1 aliphatic carbocycles. The molecular weight excluding hydrogens is 290 g/mol. The van der Waals surface area contributed by atoms with Crippen LogP contribution in [0.5, 0.6) is 0 Å². The number of rotatable bonds is 4. The minimum absolute atomic E-state index is 0.136. The van der Waals surface area contributed by atoms with E-state index in [1.54, 1.807) is 6.07 Å². The van der Waals surface area contributed by atoms with E-state index in [1.807, 2.05) is 36.4 Å². The number of nitriles is 1. The van der Waals surface area contributed by atoms with E-state index >= 15 is 0 Å². The highest BCUT2D eigenvalue weighted by atomic mass is 16.3. The third-order valence-electron chi connectivity index (χ3n) is 4.21. The summed E-state index contributed by atoms with van der Waals surface area (Å²) in [5, 5.41) is 21.4. The molecular formula is C18H17N3O2. The molecule has 0 saturated heterocycles. The highest BCUT2D eigenvalue weighted by molar-refractivity contribution is 5.94. The topological polar surface area (TPSA) is 86.0 Å². The molecule has 1 amide bonds. The zero-order valence-corrected chi connectivity index (χ0v) is 12.5. The van der Waals surface area contributed by atoms with Crippen molar-refractivity contribution in [3.05, 3.63) is 65.5 Å². The van der Waals surface area contributed by atoms with Crippen LogP contribution < -0.4 is 5.32 Å². The van der Waals surface area contributed by atoms with Crippen LogP contribution in [0, 0.1) is 17.2 Å². The molecule has 1 aromatic heterocycles. The number of pyridine rings is 1. The molecule has 1 aliphatic rings. The molecule has 5 nitrogen and oxygen atoms in total. The third-order valence-corrected chi connectivity index (χ3v) is 4.21. The van der Waals surface area contributed by atoms with Gasteiger partial charge in [-0.2, -0.15) is 5.26 Å². The molecule has 23 heavy (non-hydrogen) atoms. The van der Waals surface area contributed by atoms with E-state index in [4.69, 9.17) is 5.26 Å². The molecule has 1 aromatic carbocycles. The van der Waals surface area contributed by atoms with Crippen LogP contribution in [0.15, 0.2) is 48.7 Å². The Hall–Kier alpha value is -2.71. The second kappa shape index (κ2) is 6.59. The Morgan fingerprint density at radius 3 is 2.57 bits per heavy atom. The number of amides is 1. The van der Waals surface area contributed by atoms with Gasteiger partial charge in [0.25, 0.3) is 5.91 Å². The zero-order valence-electron chi connectivity index (χ0n) is 12.5. The van der Waals surface area contributed by atoms with E-state index in [9.17, 15) is 9.90 Å². The van der Waals surface area contributed by atoms with Gasteiger partial charge in [-0.1, -0.05) is 30.3 Å². The van der Waals surface area contributed by atoms with Crippen molar-refractivity contribution in [3.63, 3.8) is 0 Å². The Morgan fingerprint density at radius 2 is 2.00 bits per heavy atom.